The maximum atomic E-state index is 5.76. The van der Waals surface area contributed by atoms with Gasteiger partial charge in [0.05, 0.1) is 28.0 Å². The predicted octanol–water partition coefficient (Wildman–Crippen LogP) is 2.69. The fraction of sp³-hybridized carbons (Fsp3) is 0.200. The van der Waals surface area contributed by atoms with Crippen LogP contribution in [-0.4, -0.2) is 9.97 Å². The summed E-state index contributed by atoms with van der Waals surface area (Å²) in [6.07, 6.45) is 1.56. The highest BCUT2D eigenvalue weighted by atomic mass is 35.5. The summed E-state index contributed by atoms with van der Waals surface area (Å²) in [5.74, 6) is 0.634. The van der Waals surface area contributed by atoms with Crippen molar-refractivity contribution in [2.24, 2.45) is 0 Å². The molecule has 0 fully saturated rings. The predicted molar refractivity (Wildman–Crippen MR) is 67.8 cm³/mol. The number of hydrogen-bond acceptors (Lipinski definition) is 5. The third-order valence-electron chi connectivity index (χ3n) is 1.99. The topological polar surface area (TPSA) is 63.8 Å². The van der Waals surface area contributed by atoms with E-state index in [0.717, 1.165) is 10.7 Å². The molecule has 2 aromatic heterocycles. The average Bonchev–Trinajstić information content (AvgIpc) is 2.63. The molecule has 4 nitrogen and oxygen atoms in total. The summed E-state index contributed by atoms with van der Waals surface area (Å²) < 4.78 is 0. The van der Waals surface area contributed by atoms with Crippen LogP contribution in [0.1, 0.15) is 10.7 Å². The molecule has 16 heavy (non-hydrogen) atoms. The highest BCUT2D eigenvalue weighted by Crippen LogP contribution is 2.20. The van der Waals surface area contributed by atoms with E-state index in [9.17, 15) is 0 Å². The molecule has 6 heteroatoms. The molecule has 0 aliphatic carbocycles. The van der Waals surface area contributed by atoms with Gasteiger partial charge in [0.2, 0.25) is 0 Å². The van der Waals surface area contributed by atoms with Crippen LogP contribution >= 0.6 is 22.9 Å². The van der Waals surface area contributed by atoms with Gasteiger partial charge < -0.3 is 11.1 Å². The summed E-state index contributed by atoms with van der Waals surface area (Å²) in [6.45, 7) is 2.59. The summed E-state index contributed by atoms with van der Waals surface area (Å²) in [6, 6.07) is 1.67. The molecule has 3 N–H and O–H groups in total. The van der Waals surface area contributed by atoms with E-state index < -0.39 is 0 Å². The first-order valence-electron chi connectivity index (χ1n) is 4.71. The van der Waals surface area contributed by atoms with Crippen molar-refractivity contribution in [1.82, 2.24) is 9.97 Å². The summed E-state index contributed by atoms with van der Waals surface area (Å²) >= 11 is 7.38. The Morgan fingerprint density at radius 1 is 1.56 bits per heavy atom. The van der Waals surface area contributed by atoms with E-state index in [1.54, 1.807) is 23.6 Å². The quantitative estimate of drug-likeness (QED) is 0.884. The number of hydrogen-bond donors (Lipinski definition) is 2. The van der Waals surface area contributed by atoms with Gasteiger partial charge in [-0.25, -0.2) is 9.97 Å². The average molecular weight is 255 g/mol. The normalized spacial score (nSPS) is 10.4. The molecule has 84 valence electrons. The number of nitrogens with zero attached hydrogens (tertiary/aromatic N) is 2. The molecular formula is C10H11ClN4S. The molecular weight excluding hydrogens is 244 g/mol. The summed E-state index contributed by atoms with van der Waals surface area (Å²) in [7, 11) is 0. The number of halogens is 1. The molecule has 0 aliphatic rings. The Morgan fingerprint density at radius 2 is 2.38 bits per heavy atom. The molecule has 0 unspecified atom stereocenters. The molecule has 2 aromatic rings. The zero-order chi connectivity index (χ0) is 11.5. The summed E-state index contributed by atoms with van der Waals surface area (Å²) in [5.41, 5.74) is 7.29. The second-order valence-corrected chi connectivity index (χ2v) is 4.80. The lowest BCUT2D eigenvalue weighted by molar-refractivity contribution is 1.04. The standard InChI is InChI=1S/C10H11ClN4S/c1-6-15-8(5-16-6)4-14-10-9(12)2-7(11)3-13-10/h2-3,5H,4,12H2,1H3,(H,13,14). The monoisotopic (exact) mass is 254 g/mol. The fourth-order valence-corrected chi connectivity index (χ4v) is 2.05. The minimum Gasteiger partial charge on any atom is -0.396 e. The maximum absolute atomic E-state index is 5.76. The first-order valence-corrected chi connectivity index (χ1v) is 5.97. The van der Waals surface area contributed by atoms with Gasteiger partial charge >= 0.3 is 0 Å². The molecule has 0 aromatic carbocycles. The maximum Gasteiger partial charge on any atom is 0.149 e. The Bertz CT molecular complexity index is 497. The molecule has 0 amide bonds. The Labute approximate surface area is 102 Å². The number of nitrogens with one attached hydrogen (secondary N) is 1. The number of rotatable bonds is 3. The lowest BCUT2D eigenvalue weighted by Crippen LogP contribution is -2.04. The van der Waals surface area contributed by atoms with Gasteiger partial charge in [-0.3, -0.25) is 0 Å². The molecule has 0 saturated carbocycles. The van der Waals surface area contributed by atoms with Crippen LogP contribution in [0.25, 0.3) is 0 Å². The van der Waals surface area contributed by atoms with Gasteiger partial charge in [0.25, 0.3) is 0 Å². The smallest absolute Gasteiger partial charge is 0.149 e. The zero-order valence-electron chi connectivity index (χ0n) is 8.70. The third-order valence-corrected chi connectivity index (χ3v) is 3.02. The lowest BCUT2D eigenvalue weighted by atomic mass is 10.4. The Morgan fingerprint density at radius 3 is 3.00 bits per heavy atom. The Hall–Kier alpha value is -1.33. The SMILES string of the molecule is Cc1nc(CNc2ncc(Cl)cc2N)cs1. The number of nitrogen functional groups attached to an aromatic ring is 1. The minimum absolute atomic E-state index is 0.535. The highest BCUT2D eigenvalue weighted by Gasteiger charge is 2.03. The van der Waals surface area contributed by atoms with Crippen LogP contribution in [-0.2, 0) is 6.54 Å². The molecule has 0 atom stereocenters. The van der Waals surface area contributed by atoms with Gasteiger partial charge in [0.1, 0.15) is 5.82 Å². The molecule has 0 aliphatic heterocycles. The number of thiazole rings is 1. The first-order chi connectivity index (χ1) is 7.65. The van der Waals surface area contributed by atoms with E-state index >= 15 is 0 Å². The van der Waals surface area contributed by atoms with Gasteiger partial charge in [-0.15, -0.1) is 11.3 Å². The van der Waals surface area contributed by atoms with Crippen molar-refractivity contribution < 1.29 is 0 Å². The van der Waals surface area contributed by atoms with Crippen LogP contribution in [0, 0.1) is 6.92 Å². The van der Waals surface area contributed by atoms with Crippen molar-refractivity contribution in [2.75, 3.05) is 11.1 Å². The number of nitrogens with two attached hydrogens (primary N) is 1. The second kappa shape index (κ2) is 4.67. The fourth-order valence-electron chi connectivity index (χ4n) is 1.27. The van der Waals surface area contributed by atoms with E-state index in [4.69, 9.17) is 17.3 Å². The largest absolute Gasteiger partial charge is 0.396 e. The van der Waals surface area contributed by atoms with E-state index in [-0.39, 0.29) is 0 Å². The van der Waals surface area contributed by atoms with Crippen LogP contribution in [0.15, 0.2) is 17.6 Å². The Balaban J connectivity index is 2.04. The molecule has 2 heterocycles. The second-order valence-electron chi connectivity index (χ2n) is 3.30. The van der Waals surface area contributed by atoms with Crippen LogP contribution in [0.3, 0.4) is 0 Å². The molecule has 0 saturated heterocycles. The van der Waals surface area contributed by atoms with Gasteiger partial charge in [0.15, 0.2) is 0 Å². The van der Waals surface area contributed by atoms with Crippen molar-refractivity contribution in [2.45, 2.75) is 13.5 Å². The van der Waals surface area contributed by atoms with Crippen molar-refractivity contribution in [3.05, 3.63) is 33.4 Å². The number of anilines is 2. The molecule has 2 rings (SSSR count). The van der Waals surface area contributed by atoms with Crippen molar-refractivity contribution in [3.63, 3.8) is 0 Å². The molecule has 0 radical (unpaired) electrons. The van der Waals surface area contributed by atoms with Crippen molar-refractivity contribution in [3.8, 4) is 0 Å². The van der Waals surface area contributed by atoms with Crippen molar-refractivity contribution in [1.29, 1.82) is 0 Å². The molecule has 0 bridgehead atoms. The molecule has 0 spiro atoms. The first kappa shape index (κ1) is 11.2. The lowest BCUT2D eigenvalue weighted by Gasteiger charge is -2.06. The van der Waals surface area contributed by atoms with E-state index in [2.05, 4.69) is 15.3 Å². The van der Waals surface area contributed by atoms with Gasteiger partial charge in [-0.05, 0) is 13.0 Å². The number of aromatic nitrogens is 2. The summed E-state index contributed by atoms with van der Waals surface area (Å²) in [4.78, 5) is 8.44. The number of pyridine rings is 1. The van der Waals surface area contributed by atoms with Gasteiger partial charge in [-0.2, -0.15) is 0 Å². The third kappa shape index (κ3) is 2.62. The highest BCUT2D eigenvalue weighted by molar-refractivity contribution is 7.09. The van der Waals surface area contributed by atoms with Gasteiger partial charge in [0, 0.05) is 11.6 Å². The minimum atomic E-state index is 0.535. The van der Waals surface area contributed by atoms with E-state index in [0.29, 0.717) is 23.1 Å². The van der Waals surface area contributed by atoms with E-state index in [1.165, 1.54) is 0 Å². The van der Waals surface area contributed by atoms with Crippen LogP contribution in [0.2, 0.25) is 5.02 Å². The van der Waals surface area contributed by atoms with Gasteiger partial charge in [-0.1, -0.05) is 11.6 Å². The zero-order valence-corrected chi connectivity index (χ0v) is 10.3. The van der Waals surface area contributed by atoms with E-state index in [1.807, 2.05) is 12.3 Å². The van der Waals surface area contributed by atoms with Crippen molar-refractivity contribution >= 4 is 34.4 Å². The van der Waals surface area contributed by atoms with Crippen LogP contribution in [0.5, 0.6) is 0 Å². The Kier molecular flexibility index (Phi) is 3.26. The van der Waals surface area contributed by atoms with Crippen LogP contribution in [0.4, 0.5) is 11.5 Å². The number of aryl methyl sites for hydroxylation is 1. The summed E-state index contributed by atoms with van der Waals surface area (Å²) in [5, 5.41) is 6.71. The van der Waals surface area contributed by atoms with Crippen LogP contribution < -0.4 is 11.1 Å².